The van der Waals surface area contributed by atoms with Crippen LogP contribution in [0, 0.1) is 0 Å². The van der Waals surface area contributed by atoms with Crippen molar-refractivity contribution in [3.8, 4) is 0 Å². The molecule has 5 heteroatoms. The molecule has 0 aromatic carbocycles. The molecule has 0 bridgehead atoms. The second kappa shape index (κ2) is 5.98. The van der Waals surface area contributed by atoms with Gasteiger partial charge in [0.15, 0.2) is 0 Å². The molecule has 1 saturated heterocycles. The van der Waals surface area contributed by atoms with Crippen LogP contribution in [0.15, 0.2) is 12.4 Å². The van der Waals surface area contributed by atoms with Crippen molar-refractivity contribution >= 4 is 23.5 Å². The molecule has 90 valence electrons. The number of nitrogens with two attached hydrogens (primary N) is 1. The minimum atomic E-state index is 0.241. The van der Waals surface area contributed by atoms with Crippen LogP contribution in [0.3, 0.4) is 0 Å². The minimum Gasteiger partial charge on any atom is -0.335 e. The zero-order valence-corrected chi connectivity index (χ0v) is 11.3. The van der Waals surface area contributed by atoms with Crippen LogP contribution in [0.2, 0.25) is 0 Å². The van der Waals surface area contributed by atoms with Crippen LogP contribution in [0.5, 0.6) is 0 Å². The predicted octanol–water partition coefficient (Wildman–Crippen LogP) is 1.62. The molecular weight excluding hydrogens is 238 g/mol. The molecule has 1 aromatic heterocycles. The summed E-state index contributed by atoms with van der Waals surface area (Å²) in [6.45, 7) is 3.12. The van der Waals surface area contributed by atoms with Crippen molar-refractivity contribution in [2.75, 3.05) is 17.3 Å². The fourth-order valence-electron chi connectivity index (χ4n) is 1.91. The highest BCUT2D eigenvalue weighted by molar-refractivity contribution is 8.06. The number of aryl methyl sites for hydroxylation is 1. The van der Waals surface area contributed by atoms with Gasteiger partial charge in [-0.25, -0.2) is 4.98 Å². The van der Waals surface area contributed by atoms with Crippen LogP contribution in [-0.2, 0) is 13.0 Å². The molecule has 1 fully saturated rings. The molecule has 0 amide bonds. The van der Waals surface area contributed by atoms with Crippen LogP contribution in [-0.4, -0.2) is 38.1 Å². The van der Waals surface area contributed by atoms with Gasteiger partial charge in [0.1, 0.15) is 5.82 Å². The molecule has 16 heavy (non-hydrogen) atoms. The van der Waals surface area contributed by atoms with Gasteiger partial charge in [-0.2, -0.15) is 23.5 Å². The molecule has 0 aliphatic carbocycles. The fraction of sp³-hybridized carbons (Fsp3) is 0.727. The number of hydrogen-bond acceptors (Lipinski definition) is 4. The third kappa shape index (κ3) is 2.96. The quantitative estimate of drug-likeness (QED) is 0.890. The fourth-order valence-corrected chi connectivity index (χ4v) is 4.74. The molecule has 2 unspecified atom stereocenters. The summed E-state index contributed by atoms with van der Waals surface area (Å²) in [6.07, 6.45) is 4.80. The molecule has 2 N–H and O–H groups in total. The van der Waals surface area contributed by atoms with Gasteiger partial charge in [-0.1, -0.05) is 0 Å². The first kappa shape index (κ1) is 12.3. The zero-order valence-electron chi connectivity index (χ0n) is 9.63. The lowest BCUT2D eigenvalue weighted by molar-refractivity contribution is 0.602. The number of rotatable bonds is 4. The van der Waals surface area contributed by atoms with Gasteiger partial charge in [-0.3, -0.25) is 0 Å². The summed E-state index contributed by atoms with van der Waals surface area (Å²) in [6, 6.07) is 0.241. The lowest BCUT2D eigenvalue weighted by Crippen LogP contribution is -2.38. The Balaban J connectivity index is 1.93. The molecule has 0 spiro atoms. The molecule has 2 rings (SSSR count). The number of thioether (sulfide) groups is 2. The van der Waals surface area contributed by atoms with Crippen LogP contribution in [0.25, 0.3) is 0 Å². The van der Waals surface area contributed by atoms with Gasteiger partial charge in [-0.05, 0) is 6.92 Å². The summed E-state index contributed by atoms with van der Waals surface area (Å²) in [5.41, 5.74) is 6.28. The third-order valence-corrected chi connectivity index (χ3v) is 5.82. The Morgan fingerprint density at radius 1 is 1.62 bits per heavy atom. The van der Waals surface area contributed by atoms with Crippen LogP contribution >= 0.6 is 23.5 Å². The molecule has 3 nitrogen and oxygen atoms in total. The molecule has 2 heterocycles. The highest BCUT2D eigenvalue weighted by Gasteiger charge is 2.22. The second-order valence-electron chi connectivity index (χ2n) is 3.98. The molecular formula is C11H19N3S2. The average Bonchev–Trinajstić information content (AvgIpc) is 2.77. The Morgan fingerprint density at radius 3 is 3.19 bits per heavy atom. The van der Waals surface area contributed by atoms with Gasteiger partial charge in [0, 0.05) is 53.9 Å². The van der Waals surface area contributed by atoms with E-state index in [4.69, 9.17) is 5.73 Å². The van der Waals surface area contributed by atoms with E-state index in [-0.39, 0.29) is 6.04 Å². The summed E-state index contributed by atoms with van der Waals surface area (Å²) in [7, 11) is 0. The topological polar surface area (TPSA) is 43.8 Å². The smallest absolute Gasteiger partial charge is 0.110 e. The summed E-state index contributed by atoms with van der Waals surface area (Å²) in [5.74, 6) is 4.84. The van der Waals surface area contributed by atoms with E-state index in [9.17, 15) is 0 Å². The van der Waals surface area contributed by atoms with Gasteiger partial charge in [0.25, 0.3) is 0 Å². The van der Waals surface area contributed by atoms with Gasteiger partial charge in [0.2, 0.25) is 0 Å². The lowest BCUT2D eigenvalue weighted by Gasteiger charge is -2.26. The Morgan fingerprint density at radius 2 is 2.50 bits per heavy atom. The Labute approximate surface area is 106 Å². The molecule has 1 aliphatic rings. The summed E-state index contributed by atoms with van der Waals surface area (Å²) >= 11 is 4.05. The van der Waals surface area contributed by atoms with Crippen molar-refractivity contribution in [1.82, 2.24) is 9.55 Å². The first-order valence-electron chi connectivity index (χ1n) is 5.76. The Kier molecular flexibility index (Phi) is 4.61. The minimum absolute atomic E-state index is 0.241. The summed E-state index contributed by atoms with van der Waals surface area (Å²) in [5, 5.41) is 0.598. The largest absolute Gasteiger partial charge is 0.335 e. The molecule has 0 radical (unpaired) electrons. The maximum atomic E-state index is 6.28. The lowest BCUT2D eigenvalue weighted by atomic mass is 10.1. The van der Waals surface area contributed by atoms with E-state index in [0.29, 0.717) is 5.25 Å². The van der Waals surface area contributed by atoms with Crippen LogP contribution in [0.1, 0.15) is 12.7 Å². The molecule has 1 aliphatic heterocycles. The monoisotopic (exact) mass is 257 g/mol. The van der Waals surface area contributed by atoms with Gasteiger partial charge in [-0.15, -0.1) is 0 Å². The van der Waals surface area contributed by atoms with E-state index in [1.54, 1.807) is 0 Å². The van der Waals surface area contributed by atoms with Crippen molar-refractivity contribution in [3.05, 3.63) is 18.2 Å². The third-order valence-electron chi connectivity index (χ3n) is 2.88. The van der Waals surface area contributed by atoms with Crippen molar-refractivity contribution < 1.29 is 0 Å². The van der Waals surface area contributed by atoms with Gasteiger partial charge < -0.3 is 10.3 Å². The van der Waals surface area contributed by atoms with Crippen molar-refractivity contribution in [2.24, 2.45) is 5.73 Å². The van der Waals surface area contributed by atoms with Crippen LogP contribution < -0.4 is 5.73 Å². The first-order chi connectivity index (χ1) is 7.81. The molecule has 2 atom stereocenters. The van der Waals surface area contributed by atoms with Crippen molar-refractivity contribution in [1.29, 1.82) is 0 Å². The SMILES string of the molecule is CCn1ccnc1CC(N)C1CSCCS1. The van der Waals surface area contributed by atoms with Gasteiger partial charge >= 0.3 is 0 Å². The first-order valence-corrected chi connectivity index (χ1v) is 7.96. The van der Waals surface area contributed by atoms with Gasteiger partial charge in [0.05, 0.1) is 0 Å². The van der Waals surface area contributed by atoms with E-state index >= 15 is 0 Å². The summed E-state index contributed by atoms with van der Waals surface area (Å²) < 4.78 is 2.18. The predicted molar refractivity (Wildman–Crippen MR) is 73.2 cm³/mol. The van der Waals surface area contributed by atoms with E-state index in [1.165, 1.54) is 17.3 Å². The number of nitrogens with zero attached hydrogens (tertiary/aromatic N) is 2. The second-order valence-corrected chi connectivity index (χ2v) is 6.48. The van der Waals surface area contributed by atoms with E-state index in [2.05, 4.69) is 16.5 Å². The number of aromatic nitrogens is 2. The number of imidazole rings is 1. The standard InChI is InChI=1S/C11H19N3S2/c1-2-14-4-3-13-11(14)7-9(12)10-8-15-5-6-16-10/h3-4,9-10H,2,5-8,12H2,1H3. The average molecular weight is 257 g/mol. The molecule has 1 aromatic rings. The van der Waals surface area contributed by atoms with Crippen molar-refractivity contribution in [2.45, 2.75) is 31.2 Å². The normalized spacial score (nSPS) is 23.2. The highest BCUT2D eigenvalue weighted by Crippen LogP contribution is 2.26. The molecule has 0 saturated carbocycles. The number of hydrogen-bond donors (Lipinski definition) is 1. The highest BCUT2D eigenvalue weighted by atomic mass is 32.2. The maximum absolute atomic E-state index is 6.28. The Bertz CT molecular complexity index is 321. The van der Waals surface area contributed by atoms with E-state index in [0.717, 1.165) is 18.8 Å². The summed E-state index contributed by atoms with van der Waals surface area (Å²) in [4.78, 5) is 4.39. The Hall–Kier alpha value is -0.130. The van der Waals surface area contributed by atoms with E-state index < -0.39 is 0 Å². The van der Waals surface area contributed by atoms with Crippen LogP contribution in [0.4, 0.5) is 0 Å². The van der Waals surface area contributed by atoms with E-state index in [1.807, 2.05) is 35.9 Å². The zero-order chi connectivity index (χ0) is 11.4. The van der Waals surface area contributed by atoms with Crippen molar-refractivity contribution in [3.63, 3.8) is 0 Å². The maximum Gasteiger partial charge on any atom is 0.110 e.